The molecule has 1 atom stereocenters. The van der Waals surface area contributed by atoms with E-state index in [1.54, 1.807) is 0 Å². The van der Waals surface area contributed by atoms with Crippen LogP contribution in [0.5, 0.6) is 0 Å². The van der Waals surface area contributed by atoms with Crippen LogP contribution in [-0.2, 0) is 4.74 Å². The average Bonchev–Trinajstić information content (AvgIpc) is 3.06. The number of ether oxygens (including phenoxy) is 1. The number of benzene rings is 3. The third-order valence-electron chi connectivity index (χ3n) is 5.19. The Kier molecular flexibility index (Phi) is 4.89. The van der Waals surface area contributed by atoms with Gasteiger partial charge in [0.2, 0.25) is 6.23 Å². The van der Waals surface area contributed by atoms with Gasteiger partial charge in [-0.1, -0.05) is 18.2 Å². The summed E-state index contributed by atoms with van der Waals surface area (Å²) < 4.78 is 5.82. The molecule has 1 unspecified atom stereocenters. The van der Waals surface area contributed by atoms with E-state index in [9.17, 15) is 4.79 Å². The highest BCUT2D eigenvalue weighted by Crippen LogP contribution is 2.41. The zero-order valence-corrected chi connectivity index (χ0v) is 17.2. The van der Waals surface area contributed by atoms with Crippen molar-refractivity contribution in [2.75, 3.05) is 42.9 Å². The summed E-state index contributed by atoms with van der Waals surface area (Å²) >= 11 is 0. The highest BCUT2D eigenvalue weighted by atomic mass is 16.6. The monoisotopic (exact) mass is 387 g/mol. The molecule has 0 aliphatic carbocycles. The molecule has 1 aliphatic heterocycles. The first-order valence-corrected chi connectivity index (χ1v) is 9.59. The van der Waals surface area contributed by atoms with Gasteiger partial charge in [-0.25, -0.2) is 4.79 Å². The van der Waals surface area contributed by atoms with Gasteiger partial charge in [0.15, 0.2) is 0 Å². The molecule has 29 heavy (non-hydrogen) atoms. The fourth-order valence-electron chi connectivity index (χ4n) is 3.56. The van der Waals surface area contributed by atoms with Crippen molar-refractivity contribution in [2.24, 2.45) is 0 Å². The fraction of sp³-hybridized carbons (Fsp3) is 0.208. The van der Waals surface area contributed by atoms with E-state index in [2.05, 4.69) is 63.2 Å². The van der Waals surface area contributed by atoms with Gasteiger partial charge in [0.25, 0.3) is 0 Å². The predicted octanol–water partition coefficient (Wildman–Crippen LogP) is 4.83. The summed E-state index contributed by atoms with van der Waals surface area (Å²) in [5.41, 5.74) is 5.65. The van der Waals surface area contributed by atoms with E-state index < -0.39 is 6.23 Å². The Labute approximate surface area is 171 Å². The normalized spacial score (nSPS) is 14.9. The maximum absolute atomic E-state index is 12.5. The Bertz CT molecular complexity index is 960. The van der Waals surface area contributed by atoms with Gasteiger partial charge < -0.3 is 19.4 Å². The Morgan fingerprint density at radius 1 is 0.655 bits per heavy atom. The molecular weight excluding hydrogens is 362 g/mol. The summed E-state index contributed by atoms with van der Waals surface area (Å²) in [5, 5.41) is 0. The van der Waals surface area contributed by atoms with Crippen LogP contribution in [0.1, 0.15) is 22.1 Å². The lowest BCUT2D eigenvalue weighted by Crippen LogP contribution is -2.24. The number of carbonyl (C=O) groups excluding carboxylic acids is 1. The molecule has 0 bridgehead atoms. The van der Waals surface area contributed by atoms with Crippen LogP contribution in [0.2, 0.25) is 0 Å². The van der Waals surface area contributed by atoms with Crippen molar-refractivity contribution in [2.45, 2.75) is 6.23 Å². The summed E-state index contributed by atoms with van der Waals surface area (Å²) in [6, 6.07) is 24.1. The molecule has 0 spiro atoms. The molecule has 0 aromatic heterocycles. The largest absolute Gasteiger partial charge is 0.433 e. The van der Waals surface area contributed by atoms with Crippen LogP contribution < -0.4 is 14.7 Å². The molecule has 1 heterocycles. The number of anilines is 4. The van der Waals surface area contributed by atoms with Crippen LogP contribution in [0, 0.1) is 0 Å². The topological polar surface area (TPSA) is 36.0 Å². The van der Waals surface area contributed by atoms with E-state index in [1.165, 1.54) is 0 Å². The lowest BCUT2D eigenvalue weighted by Gasteiger charge is -2.31. The third kappa shape index (κ3) is 3.51. The van der Waals surface area contributed by atoms with Gasteiger partial charge in [-0.2, -0.15) is 0 Å². The quantitative estimate of drug-likeness (QED) is 0.586. The minimum atomic E-state index is -0.505. The van der Waals surface area contributed by atoms with E-state index in [-0.39, 0.29) is 5.97 Å². The number of rotatable bonds is 5. The van der Waals surface area contributed by atoms with Crippen LogP contribution in [-0.4, -0.2) is 34.2 Å². The number of carbonyl (C=O) groups is 1. The zero-order valence-electron chi connectivity index (χ0n) is 17.2. The summed E-state index contributed by atoms with van der Waals surface area (Å²) in [6.45, 7) is 0. The van der Waals surface area contributed by atoms with Gasteiger partial charge in [-0.3, -0.25) is 0 Å². The van der Waals surface area contributed by atoms with E-state index in [0.29, 0.717) is 5.56 Å². The fourth-order valence-corrected chi connectivity index (χ4v) is 3.56. The van der Waals surface area contributed by atoms with E-state index in [4.69, 9.17) is 4.74 Å². The van der Waals surface area contributed by atoms with Crippen LogP contribution in [0.15, 0.2) is 72.8 Å². The number of fused-ring (bicyclic) bond motifs is 1. The maximum atomic E-state index is 12.5. The van der Waals surface area contributed by atoms with Crippen molar-refractivity contribution in [1.29, 1.82) is 0 Å². The molecule has 0 amide bonds. The van der Waals surface area contributed by atoms with Crippen molar-refractivity contribution >= 4 is 28.7 Å². The van der Waals surface area contributed by atoms with Gasteiger partial charge >= 0.3 is 5.97 Å². The SMILES string of the molecule is CN(C)c1ccc(N(c2ccc(N(C)C)cc2)C2OC(=O)c3ccccc32)cc1. The van der Waals surface area contributed by atoms with E-state index in [1.807, 2.05) is 52.5 Å². The summed E-state index contributed by atoms with van der Waals surface area (Å²) in [4.78, 5) is 18.7. The van der Waals surface area contributed by atoms with Crippen LogP contribution in [0.4, 0.5) is 22.7 Å². The Balaban J connectivity index is 1.80. The first kappa shape index (κ1) is 18.9. The molecule has 3 aromatic rings. The van der Waals surface area contributed by atoms with Crippen LogP contribution in [0.3, 0.4) is 0 Å². The molecule has 5 nitrogen and oxygen atoms in total. The van der Waals surface area contributed by atoms with Crippen LogP contribution >= 0.6 is 0 Å². The molecule has 3 aromatic carbocycles. The zero-order chi connectivity index (χ0) is 20.5. The lowest BCUT2D eigenvalue weighted by atomic mass is 10.1. The third-order valence-corrected chi connectivity index (χ3v) is 5.19. The molecule has 0 saturated heterocycles. The number of cyclic esters (lactones) is 1. The molecule has 148 valence electrons. The molecule has 0 saturated carbocycles. The molecule has 0 radical (unpaired) electrons. The average molecular weight is 387 g/mol. The van der Waals surface area contributed by atoms with E-state index >= 15 is 0 Å². The minimum Gasteiger partial charge on any atom is -0.433 e. The second kappa shape index (κ2) is 7.51. The molecular formula is C24H25N3O2. The predicted molar refractivity (Wildman–Crippen MR) is 118 cm³/mol. The van der Waals surface area contributed by atoms with Gasteiger partial charge in [-0.05, 0) is 54.6 Å². The summed E-state index contributed by atoms with van der Waals surface area (Å²) in [5.74, 6) is -0.287. The van der Waals surface area contributed by atoms with Crippen molar-refractivity contribution in [3.8, 4) is 0 Å². The highest BCUT2D eigenvalue weighted by molar-refractivity contribution is 5.94. The van der Waals surface area contributed by atoms with Gasteiger partial charge in [0, 0.05) is 56.5 Å². The Morgan fingerprint density at radius 2 is 1.10 bits per heavy atom. The summed E-state index contributed by atoms with van der Waals surface area (Å²) in [7, 11) is 8.06. The number of nitrogens with zero attached hydrogens (tertiary/aromatic N) is 3. The maximum Gasteiger partial charge on any atom is 0.340 e. The van der Waals surface area contributed by atoms with Crippen molar-refractivity contribution < 1.29 is 9.53 Å². The van der Waals surface area contributed by atoms with Crippen molar-refractivity contribution in [1.82, 2.24) is 0 Å². The molecule has 4 rings (SSSR count). The number of esters is 1. The first-order chi connectivity index (χ1) is 14.0. The molecule has 0 N–H and O–H groups in total. The number of hydrogen-bond acceptors (Lipinski definition) is 5. The van der Waals surface area contributed by atoms with Gasteiger partial charge in [-0.15, -0.1) is 0 Å². The molecule has 1 aliphatic rings. The lowest BCUT2D eigenvalue weighted by molar-refractivity contribution is 0.0399. The summed E-state index contributed by atoms with van der Waals surface area (Å²) in [6.07, 6.45) is -0.505. The first-order valence-electron chi connectivity index (χ1n) is 9.59. The number of hydrogen-bond donors (Lipinski definition) is 0. The smallest absolute Gasteiger partial charge is 0.340 e. The van der Waals surface area contributed by atoms with Gasteiger partial charge in [0.1, 0.15) is 0 Å². The minimum absolute atomic E-state index is 0.287. The van der Waals surface area contributed by atoms with E-state index in [0.717, 1.165) is 28.3 Å². The van der Waals surface area contributed by atoms with Crippen LogP contribution in [0.25, 0.3) is 0 Å². The molecule has 5 heteroatoms. The van der Waals surface area contributed by atoms with Crippen molar-refractivity contribution in [3.05, 3.63) is 83.9 Å². The second-order valence-electron chi connectivity index (χ2n) is 7.54. The highest BCUT2D eigenvalue weighted by Gasteiger charge is 2.36. The second-order valence-corrected chi connectivity index (χ2v) is 7.54. The standard InChI is InChI=1S/C24H25N3O2/c1-25(2)17-9-13-19(14-10-17)27(20-15-11-18(12-16-20)26(3)4)23-21-7-5-6-8-22(21)24(28)29-23/h5-16,23H,1-4H3. The van der Waals surface area contributed by atoms with Gasteiger partial charge in [0.05, 0.1) is 5.56 Å². The Morgan fingerprint density at radius 3 is 1.59 bits per heavy atom. The van der Waals surface area contributed by atoms with Crippen molar-refractivity contribution in [3.63, 3.8) is 0 Å². The molecule has 0 fully saturated rings. The Hall–Kier alpha value is -3.47.